The van der Waals surface area contributed by atoms with Crippen LogP contribution in [0.3, 0.4) is 0 Å². The third-order valence-electron chi connectivity index (χ3n) is 3.34. The molecule has 1 fully saturated rings. The van der Waals surface area contributed by atoms with Gasteiger partial charge in [-0.3, -0.25) is 4.79 Å². The number of likely N-dealkylation sites (N-methyl/N-ethyl adjacent to an activating group) is 1. The summed E-state index contributed by atoms with van der Waals surface area (Å²) in [5, 5.41) is 12.5. The van der Waals surface area contributed by atoms with Crippen LogP contribution in [-0.2, 0) is 9.53 Å². The number of benzene rings is 1. The van der Waals surface area contributed by atoms with Crippen LogP contribution in [0.5, 0.6) is 5.75 Å². The van der Waals surface area contributed by atoms with Crippen LogP contribution < -0.4 is 10.2 Å². The largest absolute Gasteiger partial charge is 0.508 e. The molecular formula is C14H20N2O3. The van der Waals surface area contributed by atoms with Gasteiger partial charge in [0.15, 0.2) is 0 Å². The number of rotatable bonds is 4. The van der Waals surface area contributed by atoms with Crippen molar-refractivity contribution >= 4 is 11.6 Å². The van der Waals surface area contributed by atoms with E-state index < -0.39 is 0 Å². The number of phenols is 1. The molecule has 0 unspecified atom stereocenters. The maximum Gasteiger partial charge on any atom is 0.252 e. The minimum absolute atomic E-state index is 0.0794. The summed E-state index contributed by atoms with van der Waals surface area (Å²) in [7, 11) is 1.71. The summed E-state index contributed by atoms with van der Waals surface area (Å²) in [4.78, 5) is 13.5. The van der Waals surface area contributed by atoms with E-state index in [9.17, 15) is 9.90 Å². The quantitative estimate of drug-likeness (QED) is 0.855. The molecule has 1 aliphatic heterocycles. The highest BCUT2D eigenvalue weighted by Gasteiger charge is 2.17. The number of hydrogen-bond acceptors (Lipinski definition) is 4. The first-order valence-electron chi connectivity index (χ1n) is 6.55. The molecule has 5 nitrogen and oxygen atoms in total. The number of hydrogen-bond donors (Lipinski definition) is 2. The summed E-state index contributed by atoms with van der Waals surface area (Å²) in [6.45, 7) is 2.00. The van der Waals surface area contributed by atoms with Crippen molar-refractivity contribution in [3.05, 3.63) is 24.3 Å². The molecule has 1 aliphatic rings. The van der Waals surface area contributed by atoms with Gasteiger partial charge in [-0.05, 0) is 50.2 Å². The van der Waals surface area contributed by atoms with E-state index in [-0.39, 0.29) is 24.4 Å². The Morgan fingerprint density at radius 1 is 1.37 bits per heavy atom. The van der Waals surface area contributed by atoms with E-state index >= 15 is 0 Å². The van der Waals surface area contributed by atoms with Gasteiger partial charge in [-0.25, -0.2) is 0 Å². The predicted molar refractivity (Wildman–Crippen MR) is 73.4 cm³/mol. The van der Waals surface area contributed by atoms with E-state index in [0.717, 1.165) is 31.6 Å². The number of aromatic hydroxyl groups is 1. The van der Waals surface area contributed by atoms with Gasteiger partial charge in [-0.1, -0.05) is 0 Å². The standard InChI is InChI=1S/C14H20N2O3/c1-16(11-2-4-12(17)5-3-11)14(18)10-19-13-6-8-15-9-7-13/h2-5,13,15,17H,6-10H2,1H3. The van der Waals surface area contributed by atoms with Gasteiger partial charge in [0.2, 0.25) is 0 Å². The lowest BCUT2D eigenvalue weighted by Gasteiger charge is -2.24. The molecular weight excluding hydrogens is 244 g/mol. The lowest BCUT2D eigenvalue weighted by atomic mass is 10.1. The fourth-order valence-corrected chi connectivity index (χ4v) is 2.07. The molecule has 19 heavy (non-hydrogen) atoms. The molecule has 0 saturated carbocycles. The molecule has 0 atom stereocenters. The first kappa shape index (κ1) is 13.8. The third kappa shape index (κ3) is 3.94. The van der Waals surface area contributed by atoms with Gasteiger partial charge in [0.05, 0.1) is 6.10 Å². The predicted octanol–water partition coefficient (Wildman–Crippen LogP) is 1.12. The molecule has 1 amide bonds. The number of anilines is 1. The van der Waals surface area contributed by atoms with Crippen LogP contribution in [0.1, 0.15) is 12.8 Å². The topological polar surface area (TPSA) is 61.8 Å². The number of carbonyl (C=O) groups excluding carboxylic acids is 1. The zero-order chi connectivity index (χ0) is 13.7. The summed E-state index contributed by atoms with van der Waals surface area (Å²) in [6.07, 6.45) is 2.09. The molecule has 1 aromatic rings. The second kappa shape index (κ2) is 6.54. The van der Waals surface area contributed by atoms with E-state index in [1.165, 1.54) is 0 Å². The Morgan fingerprint density at radius 2 is 2.00 bits per heavy atom. The molecule has 2 N–H and O–H groups in total. The first-order chi connectivity index (χ1) is 9.16. The molecule has 2 rings (SSSR count). The van der Waals surface area contributed by atoms with Gasteiger partial charge in [0, 0.05) is 12.7 Å². The lowest BCUT2D eigenvalue weighted by molar-refractivity contribution is -0.125. The monoisotopic (exact) mass is 264 g/mol. The van der Waals surface area contributed by atoms with Crippen molar-refractivity contribution in [2.75, 3.05) is 31.6 Å². The van der Waals surface area contributed by atoms with Crippen molar-refractivity contribution in [3.63, 3.8) is 0 Å². The Labute approximate surface area is 113 Å². The van der Waals surface area contributed by atoms with Crippen LogP contribution in [0.15, 0.2) is 24.3 Å². The zero-order valence-electron chi connectivity index (χ0n) is 11.1. The number of ether oxygens (including phenoxy) is 1. The second-order valence-electron chi connectivity index (χ2n) is 4.73. The van der Waals surface area contributed by atoms with Gasteiger partial charge < -0.3 is 20.1 Å². The highest BCUT2D eigenvalue weighted by molar-refractivity contribution is 5.93. The number of nitrogens with zero attached hydrogens (tertiary/aromatic N) is 1. The molecule has 0 aromatic heterocycles. The number of phenolic OH excluding ortho intramolecular Hbond substituents is 1. The molecule has 1 aromatic carbocycles. The van der Waals surface area contributed by atoms with Gasteiger partial charge in [-0.2, -0.15) is 0 Å². The van der Waals surface area contributed by atoms with Gasteiger partial charge >= 0.3 is 0 Å². The summed E-state index contributed by atoms with van der Waals surface area (Å²) < 4.78 is 5.63. The molecule has 0 aliphatic carbocycles. The Morgan fingerprint density at radius 3 is 2.63 bits per heavy atom. The van der Waals surface area contributed by atoms with Crippen LogP contribution in [0.25, 0.3) is 0 Å². The van der Waals surface area contributed by atoms with Gasteiger partial charge in [0.1, 0.15) is 12.4 Å². The number of nitrogens with one attached hydrogen (secondary N) is 1. The SMILES string of the molecule is CN(C(=O)COC1CCNCC1)c1ccc(O)cc1. The Hall–Kier alpha value is -1.59. The number of carbonyl (C=O) groups is 1. The van der Waals surface area contributed by atoms with Crippen molar-refractivity contribution in [1.82, 2.24) is 5.32 Å². The molecule has 104 valence electrons. The minimum Gasteiger partial charge on any atom is -0.508 e. The fraction of sp³-hybridized carbons (Fsp3) is 0.500. The summed E-state index contributed by atoms with van der Waals surface area (Å²) in [6, 6.07) is 6.54. The summed E-state index contributed by atoms with van der Waals surface area (Å²) >= 11 is 0. The summed E-state index contributed by atoms with van der Waals surface area (Å²) in [5.41, 5.74) is 0.747. The fourth-order valence-electron chi connectivity index (χ4n) is 2.07. The highest BCUT2D eigenvalue weighted by Crippen LogP contribution is 2.17. The second-order valence-corrected chi connectivity index (χ2v) is 4.73. The first-order valence-corrected chi connectivity index (χ1v) is 6.55. The van der Waals surface area contributed by atoms with E-state index in [1.807, 2.05) is 0 Å². The molecule has 1 heterocycles. The van der Waals surface area contributed by atoms with Crippen molar-refractivity contribution in [1.29, 1.82) is 0 Å². The summed E-state index contributed by atoms with van der Waals surface area (Å²) in [5.74, 6) is 0.111. The Balaban J connectivity index is 1.83. The van der Waals surface area contributed by atoms with Crippen LogP contribution in [0, 0.1) is 0 Å². The molecule has 0 spiro atoms. The average Bonchev–Trinajstić information content (AvgIpc) is 2.46. The van der Waals surface area contributed by atoms with Crippen LogP contribution in [0.4, 0.5) is 5.69 Å². The smallest absolute Gasteiger partial charge is 0.252 e. The van der Waals surface area contributed by atoms with E-state index in [1.54, 1.807) is 36.2 Å². The zero-order valence-corrected chi connectivity index (χ0v) is 11.1. The van der Waals surface area contributed by atoms with Crippen molar-refractivity contribution in [3.8, 4) is 5.75 Å². The normalized spacial score (nSPS) is 16.3. The van der Waals surface area contributed by atoms with E-state index in [0.29, 0.717) is 0 Å². The van der Waals surface area contributed by atoms with Crippen molar-refractivity contribution < 1.29 is 14.6 Å². The molecule has 5 heteroatoms. The van der Waals surface area contributed by atoms with Crippen molar-refractivity contribution in [2.24, 2.45) is 0 Å². The van der Waals surface area contributed by atoms with Crippen molar-refractivity contribution in [2.45, 2.75) is 18.9 Å². The third-order valence-corrected chi connectivity index (χ3v) is 3.34. The molecule has 0 bridgehead atoms. The van der Waals surface area contributed by atoms with Crippen LogP contribution in [-0.4, -0.2) is 43.9 Å². The Kier molecular flexibility index (Phi) is 4.76. The Bertz CT molecular complexity index is 413. The molecule has 0 radical (unpaired) electrons. The van der Waals surface area contributed by atoms with Gasteiger partial charge in [0.25, 0.3) is 5.91 Å². The average molecular weight is 264 g/mol. The maximum atomic E-state index is 12.0. The number of amides is 1. The lowest BCUT2D eigenvalue weighted by Crippen LogP contribution is -2.36. The highest BCUT2D eigenvalue weighted by atomic mass is 16.5. The van der Waals surface area contributed by atoms with E-state index in [4.69, 9.17) is 4.74 Å². The van der Waals surface area contributed by atoms with Crippen LogP contribution >= 0.6 is 0 Å². The maximum absolute atomic E-state index is 12.0. The van der Waals surface area contributed by atoms with E-state index in [2.05, 4.69) is 5.32 Å². The van der Waals surface area contributed by atoms with Gasteiger partial charge in [-0.15, -0.1) is 0 Å². The minimum atomic E-state index is -0.0794. The number of piperidine rings is 1. The van der Waals surface area contributed by atoms with Crippen LogP contribution in [0.2, 0.25) is 0 Å². The molecule has 1 saturated heterocycles.